The van der Waals surface area contributed by atoms with Gasteiger partial charge in [-0.1, -0.05) is 12.1 Å². The molecular formula is C29H31F2N5O5. The number of carbonyl (C=O) groups is 2. The summed E-state index contributed by atoms with van der Waals surface area (Å²) in [5.41, 5.74) is 4.35. The lowest BCUT2D eigenvalue weighted by atomic mass is 9.97. The Bertz CT molecular complexity index is 1650. The molecule has 0 spiro atoms. The summed E-state index contributed by atoms with van der Waals surface area (Å²) < 4.78 is 37.0. The van der Waals surface area contributed by atoms with Crippen molar-refractivity contribution in [3.63, 3.8) is 0 Å². The number of hydrogen-bond donors (Lipinski definition) is 3. The number of alkyl halides is 2. The first-order chi connectivity index (χ1) is 19.8. The van der Waals surface area contributed by atoms with Crippen LogP contribution in [0.4, 0.5) is 13.6 Å². The van der Waals surface area contributed by atoms with Gasteiger partial charge in [-0.25, -0.2) is 14.2 Å². The molecule has 0 radical (unpaired) electrons. The van der Waals surface area contributed by atoms with Crippen LogP contribution in [0.15, 0.2) is 36.4 Å². The Labute approximate surface area is 234 Å². The van der Waals surface area contributed by atoms with E-state index < -0.39 is 31.8 Å². The second kappa shape index (κ2) is 10.7. The molecule has 4 aromatic rings. The first-order valence-electron chi connectivity index (χ1n) is 13.7. The normalized spacial score (nSPS) is 16.7. The van der Waals surface area contributed by atoms with Crippen LogP contribution < -0.4 is 10.1 Å². The van der Waals surface area contributed by atoms with Crippen LogP contribution in [0.5, 0.6) is 5.75 Å². The summed E-state index contributed by atoms with van der Waals surface area (Å²) in [5, 5.41) is 21.2. The average Bonchev–Trinajstić information content (AvgIpc) is 3.62. The molecule has 3 heterocycles. The van der Waals surface area contributed by atoms with E-state index >= 15 is 0 Å². The number of hydrogen-bond acceptors (Lipinski definition) is 5. The number of nitrogens with one attached hydrogen (secondary N) is 1. The molecule has 3 N–H and O–H groups in total. The van der Waals surface area contributed by atoms with Crippen molar-refractivity contribution in [2.75, 3.05) is 26.4 Å². The number of nitrogens with zero attached hydrogens (tertiary/aromatic N) is 4. The third kappa shape index (κ3) is 5.08. The topological polar surface area (TPSA) is 122 Å². The van der Waals surface area contributed by atoms with Gasteiger partial charge >= 0.3 is 6.09 Å². The third-order valence-electron chi connectivity index (χ3n) is 7.88. The van der Waals surface area contributed by atoms with Crippen LogP contribution in [-0.4, -0.2) is 80.0 Å². The first-order valence-corrected chi connectivity index (χ1v) is 13.7. The molecule has 10 nitrogen and oxygen atoms in total. The van der Waals surface area contributed by atoms with Gasteiger partial charge in [-0.05, 0) is 55.0 Å². The van der Waals surface area contributed by atoms with E-state index in [2.05, 4.69) is 9.88 Å². The number of rotatable bonds is 10. The number of aliphatic hydroxyl groups is 1. The molecule has 2 aromatic heterocycles. The summed E-state index contributed by atoms with van der Waals surface area (Å²) in [6.07, 6.45) is -0.432. The van der Waals surface area contributed by atoms with Crippen LogP contribution >= 0.6 is 0 Å². The van der Waals surface area contributed by atoms with Crippen LogP contribution in [0.3, 0.4) is 0 Å². The Morgan fingerprint density at radius 2 is 2.07 bits per heavy atom. The molecule has 1 fully saturated rings. The molecule has 1 aliphatic heterocycles. The SMILES string of the molecule is Cn1c(-c2cc3cccc(OC(F)CO)c3n2CC2CC2)nc2cc3c(cc21)CCN(CC(CF)NC(=O)O)C3=O. The highest BCUT2D eigenvalue weighted by molar-refractivity contribution is 6.01. The van der Waals surface area contributed by atoms with E-state index in [0.717, 1.165) is 40.5 Å². The summed E-state index contributed by atoms with van der Waals surface area (Å²) in [5.74, 6) is 1.22. The zero-order valence-electron chi connectivity index (χ0n) is 22.5. The molecule has 0 saturated heterocycles. The van der Waals surface area contributed by atoms with E-state index in [1.807, 2.05) is 29.8 Å². The summed E-state index contributed by atoms with van der Waals surface area (Å²) in [6.45, 7) is -0.666. The lowest BCUT2D eigenvalue weighted by Crippen LogP contribution is -2.48. The molecule has 2 aromatic carbocycles. The zero-order chi connectivity index (χ0) is 28.8. The number of benzene rings is 2. The van der Waals surface area contributed by atoms with Gasteiger partial charge in [-0.2, -0.15) is 4.39 Å². The van der Waals surface area contributed by atoms with Crippen LogP contribution in [-0.2, 0) is 20.0 Å². The number of carboxylic acid groups (broad SMARTS) is 1. The summed E-state index contributed by atoms with van der Waals surface area (Å²) in [7, 11) is 1.91. The van der Waals surface area contributed by atoms with Crippen molar-refractivity contribution in [2.24, 2.45) is 13.0 Å². The van der Waals surface area contributed by atoms with Gasteiger partial charge in [0.15, 0.2) is 5.82 Å². The molecule has 41 heavy (non-hydrogen) atoms. The predicted octanol–water partition coefficient (Wildman–Crippen LogP) is 3.88. The maximum atomic E-state index is 14.1. The second-order valence-corrected chi connectivity index (χ2v) is 10.8. The molecule has 2 aliphatic rings. The average molecular weight is 568 g/mol. The van der Waals surface area contributed by atoms with Gasteiger partial charge in [0, 0.05) is 37.6 Å². The highest BCUT2D eigenvalue weighted by Gasteiger charge is 2.30. The number of para-hydroxylation sites is 1. The van der Waals surface area contributed by atoms with Gasteiger partial charge in [0.1, 0.15) is 19.0 Å². The minimum atomic E-state index is -1.84. The summed E-state index contributed by atoms with van der Waals surface area (Å²) in [4.78, 5) is 30.7. The van der Waals surface area contributed by atoms with E-state index in [1.165, 1.54) is 4.90 Å². The Kier molecular flexibility index (Phi) is 7.02. The monoisotopic (exact) mass is 567 g/mol. The van der Waals surface area contributed by atoms with Gasteiger partial charge in [-0.3, -0.25) is 4.79 Å². The van der Waals surface area contributed by atoms with Crippen molar-refractivity contribution in [3.05, 3.63) is 47.5 Å². The molecule has 2 amide bonds. The Morgan fingerprint density at radius 3 is 2.78 bits per heavy atom. The molecule has 0 bridgehead atoms. The predicted molar refractivity (Wildman–Crippen MR) is 148 cm³/mol. The zero-order valence-corrected chi connectivity index (χ0v) is 22.5. The highest BCUT2D eigenvalue weighted by atomic mass is 19.1. The Balaban J connectivity index is 1.40. The fraction of sp³-hybridized carbons (Fsp3) is 0.414. The van der Waals surface area contributed by atoms with Gasteiger partial charge in [0.05, 0.1) is 28.3 Å². The number of imidazole rings is 1. The molecule has 12 heteroatoms. The molecule has 6 rings (SSSR count). The van der Waals surface area contributed by atoms with E-state index in [0.29, 0.717) is 48.1 Å². The van der Waals surface area contributed by atoms with Crippen LogP contribution in [0.25, 0.3) is 33.5 Å². The molecule has 1 saturated carbocycles. The quantitative estimate of drug-likeness (QED) is 0.268. The number of aliphatic hydroxyl groups excluding tert-OH is 1. The van der Waals surface area contributed by atoms with Crippen LogP contribution in [0.1, 0.15) is 28.8 Å². The van der Waals surface area contributed by atoms with E-state index in [-0.39, 0.29) is 12.5 Å². The number of fused-ring (bicyclic) bond motifs is 3. The Hall–Kier alpha value is -4.19. The lowest BCUT2D eigenvalue weighted by molar-refractivity contribution is 0.0145. The van der Waals surface area contributed by atoms with E-state index in [1.54, 1.807) is 18.2 Å². The van der Waals surface area contributed by atoms with Gasteiger partial charge in [0.25, 0.3) is 12.3 Å². The van der Waals surface area contributed by atoms with Crippen molar-refractivity contribution in [3.8, 4) is 17.3 Å². The number of carbonyl (C=O) groups excluding carboxylic acids is 1. The van der Waals surface area contributed by atoms with Gasteiger partial charge in [0.2, 0.25) is 0 Å². The maximum absolute atomic E-state index is 14.1. The van der Waals surface area contributed by atoms with Crippen molar-refractivity contribution >= 4 is 33.9 Å². The minimum absolute atomic E-state index is 0.0612. The molecular weight excluding hydrogens is 536 g/mol. The molecule has 2 atom stereocenters. The van der Waals surface area contributed by atoms with E-state index in [4.69, 9.17) is 14.8 Å². The van der Waals surface area contributed by atoms with Gasteiger partial charge in [-0.15, -0.1) is 0 Å². The third-order valence-corrected chi connectivity index (χ3v) is 7.88. The van der Waals surface area contributed by atoms with Crippen molar-refractivity contribution in [1.82, 2.24) is 24.3 Å². The smallest absolute Gasteiger partial charge is 0.405 e. The largest absolute Gasteiger partial charge is 0.465 e. The fourth-order valence-corrected chi connectivity index (χ4v) is 5.69. The number of halogens is 2. The highest BCUT2D eigenvalue weighted by Crippen LogP contribution is 2.39. The minimum Gasteiger partial charge on any atom is -0.465 e. The van der Waals surface area contributed by atoms with E-state index in [9.17, 15) is 23.5 Å². The van der Waals surface area contributed by atoms with Crippen molar-refractivity contribution in [2.45, 2.75) is 38.2 Å². The van der Waals surface area contributed by atoms with Crippen LogP contribution in [0, 0.1) is 5.92 Å². The number of aryl methyl sites for hydroxylation is 1. The number of aromatic nitrogens is 3. The summed E-state index contributed by atoms with van der Waals surface area (Å²) >= 11 is 0. The number of ether oxygens (including phenoxy) is 1. The van der Waals surface area contributed by atoms with Gasteiger partial charge < -0.3 is 34.3 Å². The molecule has 2 unspecified atom stereocenters. The Morgan fingerprint density at radius 1 is 1.27 bits per heavy atom. The summed E-state index contributed by atoms with van der Waals surface area (Å²) in [6, 6.07) is 10.1. The molecule has 1 aliphatic carbocycles. The van der Waals surface area contributed by atoms with Crippen molar-refractivity contribution < 1.29 is 33.3 Å². The lowest BCUT2D eigenvalue weighted by Gasteiger charge is -2.31. The second-order valence-electron chi connectivity index (χ2n) is 10.8. The molecule has 216 valence electrons. The number of amides is 2. The fourth-order valence-electron chi connectivity index (χ4n) is 5.69. The standard InChI is InChI=1S/C29H31F2N5O5/c1-34-22-9-17-7-8-35(14-19(12-30)32-29(39)40)28(38)20(17)11-21(22)33-27(34)23-10-18-3-2-4-24(41-25(31)15-37)26(18)36(23)13-16-5-6-16/h2-4,9-11,16,19,25,32,37H,5-8,12-15H2,1H3,(H,39,40). The van der Waals surface area contributed by atoms with Crippen molar-refractivity contribution in [1.29, 1.82) is 0 Å². The first kappa shape index (κ1) is 27.0. The maximum Gasteiger partial charge on any atom is 0.405 e. The van der Waals surface area contributed by atoms with Crippen LogP contribution in [0.2, 0.25) is 0 Å².